The quantitative estimate of drug-likeness (QED) is 0.725. The summed E-state index contributed by atoms with van der Waals surface area (Å²) in [5.41, 5.74) is -0.598. The number of likely N-dealkylation sites (tertiary alicyclic amines) is 1. The fourth-order valence-corrected chi connectivity index (χ4v) is 3.63. The number of hydrogen-bond acceptors (Lipinski definition) is 5. The van der Waals surface area contributed by atoms with E-state index in [1.54, 1.807) is 23.1 Å². The van der Waals surface area contributed by atoms with Crippen molar-refractivity contribution in [3.63, 3.8) is 0 Å². The molecular weight excluding hydrogens is 344 g/mol. The van der Waals surface area contributed by atoms with E-state index in [-0.39, 0.29) is 23.9 Å². The van der Waals surface area contributed by atoms with Crippen molar-refractivity contribution in [3.8, 4) is 0 Å². The summed E-state index contributed by atoms with van der Waals surface area (Å²) in [7, 11) is 2.06. The number of benzene rings is 1. The first-order chi connectivity index (χ1) is 11.6. The van der Waals surface area contributed by atoms with E-state index in [0.29, 0.717) is 18.7 Å². The van der Waals surface area contributed by atoms with Crippen LogP contribution in [0.4, 0.5) is 0 Å². The summed E-state index contributed by atoms with van der Waals surface area (Å²) < 4.78 is 11.3. The molecule has 0 N–H and O–H groups in total. The van der Waals surface area contributed by atoms with Crippen LogP contribution in [0.3, 0.4) is 0 Å². The monoisotopic (exact) mass is 364 g/mol. The average molecular weight is 365 g/mol. The number of carbonyl (C=O) groups excluding carboxylic acids is 1. The molecule has 0 radical (unpaired) electrons. The number of para-hydroxylation sites is 1. The van der Waals surface area contributed by atoms with Crippen LogP contribution in [0.15, 0.2) is 39.5 Å². The van der Waals surface area contributed by atoms with Gasteiger partial charge in [0.1, 0.15) is 16.9 Å². The zero-order valence-corrected chi connectivity index (χ0v) is 14.9. The third-order valence-electron chi connectivity index (χ3n) is 5.06. The lowest BCUT2D eigenvalue weighted by molar-refractivity contribution is -0.102. The van der Waals surface area contributed by atoms with E-state index in [9.17, 15) is 9.59 Å². The summed E-state index contributed by atoms with van der Waals surface area (Å²) in [6.45, 7) is 2.76. The van der Waals surface area contributed by atoms with Crippen molar-refractivity contribution in [2.24, 2.45) is 0 Å². The summed E-state index contributed by atoms with van der Waals surface area (Å²) in [6, 6.07) is 8.84. The van der Waals surface area contributed by atoms with Crippen molar-refractivity contribution < 1.29 is 13.9 Å². The van der Waals surface area contributed by atoms with Gasteiger partial charge in [-0.15, -0.1) is 12.4 Å². The summed E-state index contributed by atoms with van der Waals surface area (Å²) in [6.07, 6.45) is 1.52. The molecular formula is C18H21ClN2O4. The Morgan fingerprint density at radius 3 is 2.64 bits per heavy atom. The van der Waals surface area contributed by atoms with Gasteiger partial charge in [0.25, 0.3) is 5.91 Å². The molecule has 1 aromatic carbocycles. The first-order valence-corrected chi connectivity index (χ1v) is 8.26. The number of ether oxygens (including phenoxy) is 1. The third-order valence-corrected chi connectivity index (χ3v) is 5.06. The SMILES string of the molecule is CN1CCC2(CC1)OCCN2C(=O)c1cc2ccccc2oc1=O.Cl. The molecule has 2 fully saturated rings. The normalized spacial score (nSPS) is 20.0. The van der Waals surface area contributed by atoms with Crippen molar-refractivity contribution in [3.05, 3.63) is 46.3 Å². The summed E-state index contributed by atoms with van der Waals surface area (Å²) >= 11 is 0. The average Bonchev–Trinajstić information content (AvgIpc) is 3.00. The molecule has 1 aromatic heterocycles. The van der Waals surface area contributed by atoms with Crippen LogP contribution in [-0.4, -0.2) is 54.7 Å². The van der Waals surface area contributed by atoms with Crippen molar-refractivity contribution in [2.75, 3.05) is 33.3 Å². The predicted molar refractivity (Wildman–Crippen MR) is 96.2 cm³/mol. The van der Waals surface area contributed by atoms with Gasteiger partial charge in [0.05, 0.1) is 6.61 Å². The first-order valence-electron chi connectivity index (χ1n) is 8.26. The second kappa shape index (κ2) is 6.78. The van der Waals surface area contributed by atoms with Crippen LogP contribution < -0.4 is 5.63 Å². The second-order valence-electron chi connectivity index (χ2n) is 6.54. The van der Waals surface area contributed by atoms with Gasteiger partial charge in [0.2, 0.25) is 0 Å². The zero-order chi connectivity index (χ0) is 16.7. The number of carbonyl (C=O) groups is 1. The number of hydrogen-bond donors (Lipinski definition) is 0. The Bertz CT molecular complexity index is 842. The van der Waals surface area contributed by atoms with Gasteiger partial charge in [-0.25, -0.2) is 4.79 Å². The van der Waals surface area contributed by atoms with Crippen LogP contribution in [0, 0.1) is 0 Å². The Labute approximate surface area is 151 Å². The van der Waals surface area contributed by atoms with E-state index < -0.39 is 11.4 Å². The smallest absolute Gasteiger partial charge is 0.349 e. The molecule has 2 saturated heterocycles. The van der Waals surface area contributed by atoms with Crippen LogP contribution in [0.1, 0.15) is 23.2 Å². The summed E-state index contributed by atoms with van der Waals surface area (Å²) in [4.78, 5) is 29.3. The van der Waals surface area contributed by atoms with Gasteiger partial charge in [-0.2, -0.15) is 0 Å². The lowest BCUT2D eigenvalue weighted by Gasteiger charge is -2.42. The van der Waals surface area contributed by atoms with Gasteiger partial charge >= 0.3 is 5.63 Å². The van der Waals surface area contributed by atoms with Crippen LogP contribution in [0.25, 0.3) is 11.0 Å². The lowest BCUT2D eigenvalue weighted by Crippen LogP contribution is -2.54. The van der Waals surface area contributed by atoms with Crippen molar-refractivity contribution in [2.45, 2.75) is 18.6 Å². The molecule has 4 rings (SSSR count). The van der Waals surface area contributed by atoms with Gasteiger partial charge in [0.15, 0.2) is 0 Å². The van der Waals surface area contributed by atoms with E-state index in [2.05, 4.69) is 11.9 Å². The highest BCUT2D eigenvalue weighted by atomic mass is 35.5. The third kappa shape index (κ3) is 3.05. The van der Waals surface area contributed by atoms with Crippen LogP contribution in [0.5, 0.6) is 0 Å². The lowest BCUT2D eigenvalue weighted by atomic mass is 9.98. The van der Waals surface area contributed by atoms with Crippen molar-refractivity contribution in [1.82, 2.24) is 9.80 Å². The second-order valence-corrected chi connectivity index (χ2v) is 6.54. The molecule has 0 unspecified atom stereocenters. The molecule has 0 bridgehead atoms. The predicted octanol–water partition coefficient (Wildman–Crippen LogP) is 2.11. The highest BCUT2D eigenvalue weighted by molar-refractivity contribution is 5.97. The molecule has 2 aliphatic heterocycles. The van der Waals surface area contributed by atoms with Crippen molar-refractivity contribution in [1.29, 1.82) is 0 Å². The number of halogens is 1. The van der Waals surface area contributed by atoms with Gasteiger partial charge < -0.3 is 19.0 Å². The van der Waals surface area contributed by atoms with E-state index in [1.807, 2.05) is 12.1 Å². The molecule has 1 amide bonds. The Hall–Kier alpha value is -1.89. The molecule has 2 aromatic rings. The fourth-order valence-electron chi connectivity index (χ4n) is 3.63. The Balaban J connectivity index is 0.00000182. The molecule has 0 aliphatic carbocycles. The largest absolute Gasteiger partial charge is 0.422 e. The summed E-state index contributed by atoms with van der Waals surface area (Å²) in [5.74, 6) is -0.295. The minimum Gasteiger partial charge on any atom is -0.422 e. The molecule has 2 aliphatic rings. The molecule has 7 heteroatoms. The topological polar surface area (TPSA) is 63.0 Å². The zero-order valence-electron chi connectivity index (χ0n) is 14.1. The molecule has 1 spiro atoms. The maximum absolute atomic E-state index is 13.0. The first kappa shape index (κ1) is 17.9. The molecule has 0 atom stereocenters. The number of fused-ring (bicyclic) bond motifs is 1. The molecule has 25 heavy (non-hydrogen) atoms. The number of piperidine rings is 1. The maximum Gasteiger partial charge on any atom is 0.349 e. The van der Waals surface area contributed by atoms with E-state index in [1.165, 1.54) is 0 Å². The molecule has 0 saturated carbocycles. The Morgan fingerprint density at radius 2 is 1.88 bits per heavy atom. The summed E-state index contributed by atoms with van der Waals surface area (Å²) in [5, 5.41) is 0.748. The van der Waals surface area contributed by atoms with Gasteiger partial charge in [-0.05, 0) is 19.2 Å². The molecule has 134 valence electrons. The highest BCUT2D eigenvalue weighted by Gasteiger charge is 2.47. The maximum atomic E-state index is 13.0. The number of nitrogens with zero attached hydrogens (tertiary/aromatic N) is 2. The van der Waals surface area contributed by atoms with Crippen LogP contribution in [-0.2, 0) is 4.74 Å². The minimum absolute atomic E-state index is 0. The Morgan fingerprint density at radius 1 is 1.16 bits per heavy atom. The van der Waals surface area contributed by atoms with Gasteiger partial charge in [-0.3, -0.25) is 4.79 Å². The van der Waals surface area contributed by atoms with Crippen molar-refractivity contribution >= 4 is 29.3 Å². The highest BCUT2D eigenvalue weighted by Crippen LogP contribution is 2.34. The van der Waals surface area contributed by atoms with Crippen LogP contribution in [0.2, 0.25) is 0 Å². The van der Waals surface area contributed by atoms with E-state index in [4.69, 9.17) is 9.15 Å². The van der Waals surface area contributed by atoms with Gasteiger partial charge in [-0.1, -0.05) is 18.2 Å². The van der Waals surface area contributed by atoms with Crippen LogP contribution >= 0.6 is 12.4 Å². The number of rotatable bonds is 1. The fraction of sp³-hybridized carbons (Fsp3) is 0.444. The van der Waals surface area contributed by atoms with E-state index >= 15 is 0 Å². The molecule has 6 nitrogen and oxygen atoms in total. The standard InChI is InChI=1S/C18H20N2O4.ClH/c1-19-8-6-18(7-9-19)20(10-11-23-18)16(21)14-12-13-4-2-3-5-15(13)24-17(14)22;/h2-5,12H,6-11H2,1H3;1H. The minimum atomic E-state index is -0.589. The van der Waals surface area contributed by atoms with Gasteiger partial charge in [0, 0.05) is 37.9 Å². The van der Waals surface area contributed by atoms with E-state index in [0.717, 1.165) is 31.3 Å². The molecule has 3 heterocycles. The Kier molecular flexibility index (Phi) is 4.86. The number of amides is 1.